The first-order chi connectivity index (χ1) is 11.2. The molecule has 0 unspecified atom stereocenters. The van der Waals surface area contributed by atoms with E-state index in [0.29, 0.717) is 17.0 Å². The molecule has 1 N–H and O–H groups in total. The van der Waals surface area contributed by atoms with Crippen molar-refractivity contribution in [2.24, 2.45) is 4.99 Å². The van der Waals surface area contributed by atoms with Gasteiger partial charge in [0.1, 0.15) is 12.4 Å². The van der Waals surface area contributed by atoms with E-state index in [9.17, 15) is 9.18 Å². The zero-order chi connectivity index (χ0) is 15.8. The van der Waals surface area contributed by atoms with Crippen LogP contribution in [0.1, 0.15) is 11.1 Å². The van der Waals surface area contributed by atoms with Crippen LogP contribution in [0.15, 0.2) is 65.7 Å². The van der Waals surface area contributed by atoms with Crippen molar-refractivity contribution >= 4 is 28.1 Å². The van der Waals surface area contributed by atoms with Gasteiger partial charge in [0.15, 0.2) is 0 Å². The Morgan fingerprint density at radius 2 is 1.74 bits per heavy atom. The Morgan fingerprint density at radius 1 is 0.957 bits per heavy atom. The van der Waals surface area contributed by atoms with E-state index in [0.717, 1.165) is 16.3 Å². The van der Waals surface area contributed by atoms with E-state index in [2.05, 4.69) is 10.3 Å². The van der Waals surface area contributed by atoms with Crippen molar-refractivity contribution in [1.82, 2.24) is 0 Å². The molecule has 3 nitrogen and oxygen atoms in total. The number of fused-ring (bicyclic) bond motifs is 3. The molecule has 112 valence electrons. The molecule has 4 heteroatoms. The van der Waals surface area contributed by atoms with Crippen LogP contribution >= 0.6 is 0 Å². The summed E-state index contributed by atoms with van der Waals surface area (Å²) in [6.45, 7) is -0.0212. The molecule has 0 saturated carbocycles. The first-order valence-corrected chi connectivity index (χ1v) is 7.35. The summed E-state index contributed by atoms with van der Waals surface area (Å²) in [5, 5.41) is 4.82. The molecule has 3 aromatic rings. The molecule has 1 aliphatic rings. The summed E-state index contributed by atoms with van der Waals surface area (Å²) < 4.78 is 14.3. The molecular weight excluding hydrogens is 291 g/mol. The van der Waals surface area contributed by atoms with Crippen molar-refractivity contribution in [2.45, 2.75) is 0 Å². The van der Waals surface area contributed by atoms with Gasteiger partial charge < -0.3 is 5.32 Å². The standard InChI is InChI=1S/C19H13FN2O/c20-15-8-4-3-7-14(15)19-18-13-6-2-1-5-12(13)9-10-16(18)22-17(23)11-21-19/h1-10H,11H2,(H,22,23). The van der Waals surface area contributed by atoms with E-state index in [1.165, 1.54) is 6.07 Å². The maximum absolute atomic E-state index is 14.3. The fourth-order valence-corrected chi connectivity index (χ4v) is 2.92. The maximum atomic E-state index is 14.3. The predicted molar refractivity (Wildman–Crippen MR) is 89.5 cm³/mol. The summed E-state index contributed by atoms with van der Waals surface area (Å²) in [6.07, 6.45) is 0. The number of rotatable bonds is 1. The van der Waals surface area contributed by atoms with Crippen LogP contribution < -0.4 is 5.32 Å². The van der Waals surface area contributed by atoms with E-state index < -0.39 is 0 Å². The third-order valence-corrected chi connectivity index (χ3v) is 3.95. The second kappa shape index (κ2) is 5.32. The molecule has 0 aliphatic carbocycles. The van der Waals surface area contributed by atoms with Crippen molar-refractivity contribution in [1.29, 1.82) is 0 Å². The molecule has 0 fully saturated rings. The zero-order valence-electron chi connectivity index (χ0n) is 12.2. The molecule has 1 heterocycles. The van der Waals surface area contributed by atoms with Crippen molar-refractivity contribution < 1.29 is 9.18 Å². The number of benzene rings is 3. The third kappa shape index (κ3) is 2.28. The summed E-state index contributed by atoms with van der Waals surface area (Å²) in [5.41, 5.74) is 2.34. The van der Waals surface area contributed by atoms with Crippen LogP contribution in [0, 0.1) is 5.82 Å². The number of nitrogens with zero attached hydrogens (tertiary/aromatic N) is 1. The van der Waals surface area contributed by atoms with Crippen molar-refractivity contribution in [3.8, 4) is 0 Å². The number of amides is 1. The van der Waals surface area contributed by atoms with Gasteiger partial charge in [-0.25, -0.2) is 4.39 Å². The third-order valence-electron chi connectivity index (χ3n) is 3.95. The van der Waals surface area contributed by atoms with Crippen molar-refractivity contribution in [3.05, 3.63) is 77.6 Å². The maximum Gasteiger partial charge on any atom is 0.246 e. The normalized spacial score (nSPS) is 14.0. The minimum Gasteiger partial charge on any atom is -0.324 e. The number of carbonyl (C=O) groups excluding carboxylic acids is 1. The minimum absolute atomic E-state index is 0.0212. The van der Waals surface area contributed by atoms with Crippen LogP contribution in [0.25, 0.3) is 10.8 Å². The SMILES string of the molecule is O=C1CN=C(c2ccccc2F)c2c(ccc3ccccc23)N1. The zero-order valence-corrected chi connectivity index (χ0v) is 12.2. The lowest BCUT2D eigenvalue weighted by molar-refractivity contribution is -0.114. The fourth-order valence-electron chi connectivity index (χ4n) is 2.92. The number of hydrogen-bond acceptors (Lipinski definition) is 2. The van der Waals surface area contributed by atoms with Gasteiger partial charge in [0.05, 0.1) is 11.4 Å². The highest BCUT2D eigenvalue weighted by molar-refractivity contribution is 6.25. The monoisotopic (exact) mass is 304 g/mol. The average molecular weight is 304 g/mol. The Balaban J connectivity index is 2.07. The van der Waals surface area contributed by atoms with Crippen LogP contribution in [-0.2, 0) is 4.79 Å². The summed E-state index contributed by atoms with van der Waals surface area (Å²) in [5.74, 6) is -0.549. The van der Waals surface area contributed by atoms with E-state index in [1.54, 1.807) is 18.2 Å². The molecule has 0 bridgehead atoms. The lowest BCUT2D eigenvalue weighted by Crippen LogP contribution is -2.13. The predicted octanol–water partition coefficient (Wildman–Crippen LogP) is 3.77. The smallest absolute Gasteiger partial charge is 0.246 e. The Bertz CT molecular complexity index is 962. The fraction of sp³-hybridized carbons (Fsp3) is 0.0526. The van der Waals surface area contributed by atoms with Crippen molar-refractivity contribution in [2.75, 3.05) is 11.9 Å². The first-order valence-electron chi connectivity index (χ1n) is 7.35. The van der Waals surface area contributed by atoms with Crippen LogP contribution in [-0.4, -0.2) is 18.2 Å². The number of anilines is 1. The molecule has 23 heavy (non-hydrogen) atoms. The van der Waals surface area contributed by atoms with E-state index in [4.69, 9.17) is 0 Å². The van der Waals surface area contributed by atoms with E-state index in [-0.39, 0.29) is 18.3 Å². The quantitative estimate of drug-likeness (QED) is 0.730. The Morgan fingerprint density at radius 3 is 2.61 bits per heavy atom. The molecule has 3 aromatic carbocycles. The Hall–Kier alpha value is -3.01. The second-order valence-corrected chi connectivity index (χ2v) is 5.40. The van der Waals surface area contributed by atoms with Gasteiger partial charge >= 0.3 is 0 Å². The van der Waals surface area contributed by atoms with E-state index >= 15 is 0 Å². The molecule has 1 aliphatic heterocycles. The highest BCUT2D eigenvalue weighted by atomic mass is 19.1. The molecule has 1 amide bonds. The largest absolute Gasteiger partial charge is 0.324 e. The van der Waals surface area contributed by atoms with Crippen LogP contribution in [0.5, 0.6) is 0 Å². The molecular formula is C19H13FN2O. The van der Waals surface area contributed by atoms with Crippen LogP contribution in [0.3, 0.4) is 0 Å². The minimum atomic E-state index is -0.348. The second-order valence-electron chi connectivity index (χ2n) is 5.40. The first kappa shape index (κ1) is 13.6. The van der Waals surface area contributed by atoms with Gasteiger partial charge in [0, 0.05) is 11.1 Å². The summed E-state index contributed by atoms with van der Waals surface area (Å²) in [4.78, 5) is 16.3. The highest BCUT2D eigenvalue weighted by Crippen LogP contribution is 2.31. The molecule has 0 spiro atoms. The molecule has 0 radical (unpaired) electrons. The van der Waals surface area contributed by atoms with Gasteiger partial charge in [0.2, 0.25) is 5.91 Å². The number of halogens is 1. The van der Waals surface area contributed by atoms with E-state index in [1.807, 2.05) is 36.4 Å². The average Bonchev–Trinajstić information content (AvgIpc) is 2.74. The van der Waals surface area contributed by atoms with Gasteiger partial charge in [-0.2, -0.15) is 0 Å². The summed E-state index contributed by atoms with van der Waals surface area (Å²) in [6, 6.07) is 18.1. The molecule has 0 aromatic heterocycles. The number of aliphatic imine (C=N–C) groups is 1. The van der Waals surface area contributed by atoms with Gasteiger partial charge in [-0.05, 0) is 29.0 Å². The van der Waals surface area contributed by atoms with Gasteiger partial charge in [0.25, 0.3) is 0 Å². The Labute approximate surface area is 132 Å². The molecule has 0 saturated heterocycles. The van der Waals surface area contributed by atoms with Crippen LogP contribution in [0.4, 0.5) is 10.1 Å². The Kier molecular flexibility index (Phi) is 3.15. The van der Waals surface area contributed by atoms with Gasteiger partial charge in [-0.1, -0.05) is 42.5 Å². The lowest BCUT2D eigenvalue weighted by atomic mass is 9.94. The highest BCUT2D eigenvalue weighted by Gasteiger charge is 2.22. The number of carbonyl (C=O) groups is 1. The van der Waals surface area contributed by atoms with Crippen LogP contribution in [0.2, 0.25) is 0 Å². The molecule has 0 atom stereocenters. The lowest BCUT2D eigenvalue weighted by Gasteiger charge is -2.14. The molecule has 4 rings (SSSR count). The topological polar surface area (TPSA) is 41.5 Å². The summed E-state index contributed by atoms with van der Waals surface area (Å²) in [7, 11) is 0. The van der Waals surface area contributed by atoms with Gasteiger partial charge in [-0.3, -0.25) is 9.79 Å². The number of nitrogens with one attached hydrogen (secondary N) is 1. The summed E-state index contributed by atoms with van der Waals surface area (Å²) >= 11 is 0. The number of hydrogen-bond donors (Lipinski definition) is 1. The van der Waals surface area contributed by atoms with Crippen molar-refractivity contribution in [3.63, 3.8) is 0 Å². The van der Waals surface area contributed by atoms with Gasteiger partial charge in [-0.15, -0.1) is 0 Å².